The van der Waals surface area contributed by atoms with Crippen molar-refractivity contribution >= 4 is 11.8 Å². The zero-order valence-electron chi connectivity index (χ0n) is 10.6. The van der Waals surface area contributed by atoms with Crippen molar-refractivity contribution < 1.29 is 5.11 Å². The van der Waals surface area contributed by atoms with E-state index in [9.17, 15) is 5.11 Å². The van der Waals surface area contributed by atoms with E-state index in [2.05, 4.69) is 30.5 Å². The second-order valence-electron chi connectivity index (χ2n) is 5.42. The first-order valence-corrected chi connectivity index (χ1v) is 7.77. The summed E-state index contributed by atoms with van der Waals surface area (Å²) in [6, 6.07) is 0.674. The second kappa shape index (κ2) is 5.74. The highest BCUT2D eigenvalue weighted by Gasteiger charge is 2.30. The summed E-state index contributed by atoms with van der Waals surface area (Å²) in [7, 11) is 0. The summed E-state index contributed by atoms with van der Waals surface area (Å²) >= 11 is 2.09. The van der Waals surface area contributed by atoms with Gasteiger partial charge in [0, 0.05) is 30.1 Å². The van der Waals surface area contributed by atoms with Crippen LogP contribution in [0.3, 0.4) is 0 Å². The molecule has 4 atom stereocenters. The van der Waals surface area contributed by atoms with E-state index in [1.807, 2.05) is 0 Å². The number of nitrogens with zero attached hydrogens (tertiary/aromatic N) is 1. The molecule has 1 aliphatic heterocycles. The standard InChI is InChI=1S/C13H25NOS/c1-10-11(2)16-8-7-14(10)9-12-5-3-4-6-13(12)15/h10-13,15H,3-9H2,1-2H3. The van der Waals surface area contributed by atoms with Gasteiger partial charge in [0.1, 0.15) is 0 Å². The van der Waals surface area contributed by atoms with E-state index in [1.165, 1.54) is 31.6 Å². The summed E-state index contributed by atoms with van der Waals surface area (Å²) in [4.78, 5) is 2.60. The van der Waals surface area contributed by atoms with Crippen molar-refractivity contribution in [3.05, 3.63) is 0 Å². The number of rotatable bonds is 2. The average Bonchev–Trinajstić information content (AvgIpc) is 2.28. The summed E-state index contributed by atoms with van der Waals surface area (Å²) in [5.41, 5.74) is 0. The van der Waals surface area contributed by atoms with Crippen LogP contribution in [0.1, 0.15) is 39.5 Å². The van der Waals surface area contributed by atoms with Gasteiger partial charge in [0.05, 0.1) is 6.10 Å². The van der Waals surface area contributed by atoms with E-state index < -0.39 is 0 Å². The molecule has 0 amide bonds. The van der Waals surface area contributed by atoms with Gasteiger partial charge in [-0.25, -0.2) is 0 Å². The Morgan fingerprint density at radius 1 is 1.25 bits per heavy atom. The maximum atomic E-state index is 10.0. The van der Waals surface area contributed by atoms with Crippen LogP contribution in [-0.2, 0) is 0 Å². The van der Waals surface area contributed by atoms with Crippen LogP contribution in [-0.4, -0.2) is 46.2 Å². The van der Waals surface area contributed by atoms with Crippen molar-refractivity contribution in [2.24, 2.45) is 5.92 Å². The van der Waals surface area contributed by atoms with Gasteiger partial charge in [0.15, 0.2) is 0 Å². The van der Waals surface area contributed by atoms with Crippen LogP contribution in [0, 0.1) is 5.92 Å². The summed E-state index contributed by atoms with van der Waals surface area (Å²) in [6.45, 7) is 7.00. The van der Waals surface area contributed by atoms with Crippen molar-refractivity contribution in [3.8, 4) is 0 Å². The molecule has 1 saturated carbocycles. The van der Waals surface area contributed by atoms with E-state index in [0.29, 0.717) is 12.0 Å². The third-order valence-electron chi connectivity index (χ3n) is 4.35. The molecule has 1 saturated heterocycles. The first-order valence-electron chi connectivity index (χ1n) is 6.72. The fraction of sp³-hybridized carbons (Fsp3) is 1.00. The van der Waals surface area contributed by atoms with Gasteiger partial charge in [-0.3, -0.25) is 4.90 Å². The van der Waals surface area contributed by atoms with Crippen LogP contribution in [0.2, 0.25) is 0 Å². The van der Waals surface area contributed by atoms with Crippen molar-refractivity contribution in [1.82, 2.24) is 4.90 Å². The van der Waals surface area contributed by atoms with Crippen LogP contribution in [0.4, 0.5) is 0 Å². The molecule has 0 spiro atoms. The predicted octanol–water partition coefficient (Wildman–Crippen LogP) is 2.36. The molecule has 94 valence electrons. The molecule has 2 fully saturated rings. The Morgan fingerprint density at radius 2 is 2.00 bits per heavy atom. The number of hydrogen-bond donors (Lipinski definition) is 1. The lowest BCUT2D eigenvalue weighted by Crippen LogP contribution is -2.48. The van der Waals surface area contributed by atoms with Crippen LogP contribution < -0.4 is 0 Å². The molecule has 0 aromatic carbocycles. The lowest BCUT2D eigenvalue weighted by Gasteiger charge is -2.41. The fourth-order valence-electron chi connectivity index (χ4n) is 2.96. The number of thioether (sulfide) groups is 1. The molecule has 2 rings (SSSR count). The monoisotopic (exact) mass is 243 g/mol. The van der Waals surface area contributed by atoms with Crippen LogP contribution >= 0.6 is 11.8 Å². The van der Waals surface area contributed by atoms with Gasteiger partial charge < -0.3 is 5.11 Å². The molecule has 1 aliphatic carbocycles. The number of hydrogen-bond acceptors (Lipinski definition) is 3. The molecule has 1 N–H and O–H groups in total. The molecule has 0 aromatic heterocycles. The number of aliphatic hydroxyl groups is 1. The maximum absolute atomic E-state index is 10.0. The Kier molecular flexibility index (Phi) is 4.57. The van der Waals surface area contributed by atoms with Crippen LogP contribution in [0.25, 0.3) is 0 Å². The maximum Gasteiger partial charge on any atom is 0.0580 e. The van der Waals surface area contributed by atoms with Gasteiger partial charge >= 0.3 is 0 Å². The summed E-state index contributed by atoms with van der Waals surface area (Å²) in [6.07, 6.45) is 4.75. The zero-order valence-corrected chi connectivity index (χ0v) is 11.4. The van der Waals surface area contributed by atoms with E-state index >= 15 is 0 Å². The zero-order chi connectivity index (χ0) is 11.5. The Morgan fingerprint density at radius 3 is 2.75 bits per heavy atom. The van der Waals surface area contributed by atoms with Crippen LogP contribution in [0.15, 0.2) is 0 Å². The topological polar surface area (TPSA) is 23.5 Å². The van der Waals surface area contributed by atoms with E-state index in [0.717, 1.165) is 18.2 Å². The molecular formula is C13H25NOS. The minimum absolute atomic E-state index is 0.0363. The smallest absolute Gasteiger partial charge is 0.0580 e. The molecule has 4 unspecified atom stereocenters. The normalized spacial score (nSPS) is 42.2. The molecule has 0 radical (unpaired) electrons. The van der Waals surface area contributed by atoms with E-state index in [1.54, 1.807) is 0 Å². The summed E-state index contributed by atoms with van der Waals surface area (Å²) < 4.78 is 0. The third-order valence-corrected chi connectivity index (χ3v) is 5.69. The molecular weight excluding hydrogens is 218 g/mol. The van der Waals surface area contributed by atoms with Gasteiger partial charge in [-0.05, 0) is 25.7 Å². The van der Waals surface area contributed by atoms with Crippen molar-refractivity contribution in [2.45, 2.75) is 56.9 Å². The highest BCUT2D eigenvalue weighted by molar-refractivity contribution is 8.00. The van der Waals surface area contributed by atoms with Crippen LogP contribution in [0.5, 0.6) is 0 Å². The third kappa shape index (κ3) is 2.93. The second-order valence-corrected chi connectivity index (χ2v) is 6.91. The van der Waals surface area contributed by atoms with Gasteiger partial charge in [0.2, 0.25) is 0 Å². The van der Waals surface area contributed by atoms with Crippen molar-refractivity contribution in [2.75, 3.05) is 18.8 Å². The minimum atomic E-state index is -0.0363. The highest BCUT2D eigenvalue weighted by atomic mass is 32.2. The Labute approximate surface area is 104 Å². The molecule has 2 nitrogen and oxygen atoms in total. The van der Waals surface area contributed by atoms with Crippen molar-refractivity contribution in [3.63, 3.8) is 0 Å². The first-order chi connectivity index (χ1) is 7.68. The quantitative estimate of drug-likeness (QED) is 0.805. The fourth-order valence-corrected chi connectivity index (χ4v) is 4.12. The van der Waals surface area contributed by atoms with Gasteiger partial charge in [-0.1, -0.05) is 19.8 Å². The highest BCUT2D eigenvalue weighted by Crippen LogP contribution is 2.29. The van der Waals surface area contributed by atoms with Crippen molar-refractivity contribution in [1.29, 1.82) is 0 Å². The summed E-state index contributed by atoms with van der Waals surface area (Å²) in [5.74, 6) is 1.79. The molecule has 16 heavy (non-hydrogen) atoms. The lowest BCUT2D eigenvalue weighted by molar-refractivity contribution is 0.0387. The SMILES string of the molecule is CC1SCCN(CC2CCCCC2O)C1C. The van der Waals surface area contributed by atoms with E-state index in [4.69, 9.17) is 0 Å². The number of aliphatic hydroxyl groups excluding tert-OH is 1. The molecule has 0 aromatic rings. The molecule has 2 aliphatic rings. The summed E-state index contributed by atoms with van der Waals surface area (Å²) in [5, 5.41) is 10.8. The Bertz CT molecular complexity index is 224. The Balaban J connectivity index is 1.87. The molecule has 1 heterocycles. The average molecular weight is 243 g/mol. The minimum Gasteiger partial charge on any atom is -0.393 e. The lowest BCUT2D eigenvalue weighted by atomic mass is 9.86. The Hall–Kier alpha value is 0.270. The predicted molar refractivity (Wildman–Crippen MR) is 70.9 cm³/mol. The largest absolute Gasteiger partial charge is 0.393 e. The molecule has 0 bridgehead atoms. The van der Waals surface area contributed by atoms with Gasteiger partial charge in [-0.15, -0.1) is 0 Å². The first kappa shape index (κ1) is 12.7. The van der Waals surface area contributed by atoms with Gasteiger partial charge in [-0.2, -0.15) is 11.8 Å². The van der Waals surface area contributed by atoms with Gasteiger partial charge in [0.25, 0.3) is 0 Å². The molecule has 3 heteroatoms. The van der Waals surface area contributed by atoms with E-state index in [-0.39, 0.29) is 6.10 Å².